The van der Waals surface area contributed by atoms with Crippen LogP contribution < -0.4 is 5.32 Å². The molecule has 80 valence electrons. The Kier molecular flexibility index (Phi) is 2.26. The topological polar surface area (TPSA) is 12.0 Å². The minimum atomic E-state index is 0.417. The van der Waals surface area contributed by atoms with Crippen molar-refractivity contribution in [3.63, 3.8) is 0 Å². The lowest BCUT2D eigenvalue weighted by molar-refractivity contribution is 0.309. The molecular weight excluding hydrogens is 206 g/mol. The van der Waals surface area contributed by atoms with E-state index in [2.05, 4.69) is 17.4 Å². The van der Waals surface area contributed by atoms with Gasteiger partial charge in [0, 0.05) is 17.1 Å². The number of halogens is 1. The van der Waals surface area contributed by atoms with Crippen molar-refractivity contribution >= 4 is 11.6 Å². The summed E-state index contributed by atoms with van der Waals surface area (Å²) in [6, 6.07) is 6.33. The van der Waals surface area contributed by atoms with Crippen LogP contribution in [0.5, 0.6) is 0 Å². The molecule has 1 fully saturated rings. The van der Waals surface area contributed by atoms with Crippen LogP contribution in [0.2, 0.25) is 5.02 Å². The Balaban J connectivity index is 1.93. The van der Waals surface area contributed by atoms with E-state index in [0.717, 1.165) is 11.6 Å². The Bertz CT molecular complexity index is 380. The first kappa shape index (κ1) is 9.68. The largest absolute Gasteiger partial charge is 0.307 e. The fourth-order valence-electron chi connectivity index (χ4n) is 3.05. The van der Waals surface area contributed by atoms with Gasteiger partial charge < -0.3 is 5.32 Å². The van der Waals surface area contributed by atoms with Gasteiger partial charge in [-0.15, -0.1) is 0 Å². The monoisotopic (exact) mass is 221 g/mol. The van der Waals surface area contributed by atoms with Gasteiger partial charge in [-0.1, -0.05) is 30.5 Å². The molecule has 0 unspecified atom stereocenters. The molecule has 1 aromatic rings. The van der Waals surface area contributed by atoms with Crippen LogP contribution in [0, 0.1) is 0 Å². The number of benzene rings is 1. The normalized spacial score (nSPS) is 23.0. The quantitative estimate of drug-likeness (QED) is 0.709. The van der Waals surface area contributed by atoms with Gasteiger partial charge in [-0.3, -0.25) is 0 Å². The van der Waals surface area contributed by atoms with Gasteiger partial charge >= 0.3 is 0 Å². The average Bonchev–Trinajstić information content (AvgIpc) is 2.67. The Hall–Kier alpha value is -0.530. The highest BCUT2D eigenvalue weighted by Gasteiger charge is 2.36. The predicted molar refractivity (Wildman–Crippen MR) is 63.2 cm³/mol. The van der Waals surface area contributed by atoms with Crippen molar-refractivity contribution in [2.45, 2.75) is 44.2 Å². The zero-order valence-electron chi connectivity index (χ0n) is 8.85. The van der Waals surface area contributed by atoms with E-state index in [1.807, 2.05) is 6.07 Å². The average molecular weight is 222 g/mol. The summed E-state index contributed by atoms with van der Waals surface area (Å²) in [5.74, 6) is 0. The molecule has 15 heavy (non-hydrogen) atoms. The first-order valence-electron chi connectivity index (χ1n) is 5.80. The van der Waals surface area contributed by atoms with Crippen molar-refractivity contribution in [1.82, 2.24) is 5.32 Å². The van der Waals surface area contributed by atoms with Crippen molar-refractivity contribution in [3.8, 4) is 0 Å². The Labute approximate surface area is 95.8 Å². The maximum atomic E-state index is 6.00. The summed E-state index contributed by atoms with van der Waals surface area (Å²) in [5.41, 5.74) is 3.31. The maximum Gasteiger partial charge on any atom is 0.0409 e. The third kappa shape index (κ3) is 1.68. The fourth-order valence-corrected chi connectivity index (χ4v) is 3.24. The SMILES string of the molecule is Clc1ccc2c(c1)CNC1(CCCC1)C2. The maximum absolute atomic E-state index is 6.00. The van der Waals surface area contributed by atoms with E-state index < -0.39 is 0 Å². The van der Waals surface area contributed by atoms with Gasteiger partial charge in [0.1, 0.15) is 0 Å². The molecule has 0 radical (unpaired) electrons. The van der Waals surface area contributed by atoms with Crippen LogP contribution in [0.3, 0.4) is 0 Å². The Morgan fingerprint density at radius 3 is 2.73 bits per heavy atom. The number of hydrogen-bond acceptors (Lipinski definition) is 1. The van der Waals surface area contributed by atoms with Crippen molar-refractivity contribution in [2.24, 2.45) is 0 Å². The van der Waals surface area contributed by atoms with E-state index in [1.165, 1.54) is 43.2 Å². The van der Waals surface area contributed by atoms with E-state index >= 15 is 0 Å². The van der Waals surface area contributed by atoms with Gasteiger partial charge in [-0.2, -0.15) is 0 Å². The molecule has 1 heterocycles. The minimum absolute atomic E-state index is 0.417. The van der Waals surface area contributed by atoms with Crippen LogP contribution in [0.25, 0.3) is 0 Å². The van der Waals surface area contributed by atoms with Gasteiger partial charge in [-0.05, 0) is 42.5 Å². The predicted octanol–water partition coefficient (Wildman–Crippen LogP) is 3.30. The molecule has 0 aromatic heterocycles. The molecule has 1 aliphatic heterocycles. The molecule has 1 aliphatic carbocycles. The summed E-state index contributed by atoms with van der Waals surface area (Å²) in [7, 11) is 0. The molecule has 2 heteroatoms. The lowest BCUT2D eigenvalue weighted by Gasteiger charge is -2.36. The Morgan fingerprint density at radius 1 is 1.13 bits per heavy atom. The van der Waals surface area contributed by atoms with Crippen LogP contribution in [-0.4, -0.2) is 5.54 Å². The van der Waals surface area contributed by atoms with Gasteiger partial charge in [0.05, 0.1) is 0 Å². The smallest absolute Gasteiger partial charge is 0.0409 e. The number of fused-ring (bicyclic) bond motifs is 1. The zero-order valence-corrected chi connectivity index (χ0v) is 9.61. The first-order chi connectivity index (χ1) is 7.27. The van der Waals surface area contributed by atoms with E-state index in [4.69, 9.17) is 11.6 Å². The van der Waals surface area contributed by atoms with Crippen molar-refractivity contribution < 1.29 is 0 Å². The highest BCUT2D eigenvalue weighted by molar-refractivity contribution is 6.30. The van der Waals surface area contributed by atoms with E-state index in [9.17, 15) is 0 Å². The molecule has 0 saturated heterocycles. The molecule has 0 amide bonds. The second-order valence-electron chi connectivity index (χ2n) is 4.93. The molecule has 1 spiro atoms. The zero-order chi connectivity index (χ0) is 10.3. The van der Waals surface area contributed by atoms with Gasteiger partial charge in [0.2, 0.25) is 0 Å². The summed E-state index contributed by atoms with van der Waals surface area (Å²) in [5, 5.41) is 4.58. The first-order valence-corrected chi connectivity index (χ1v) is 6.18. The van der Waals surface area contributed by atoms with Gasteiger partial charge in [-0.25, -0.2) is 0 Å². The van der Waals surface area contributed by atoms with Crippen molar-refractivity contribution in [3.05, 3.63) is 34.3 Å². The molecule has 0 atom stereocenters. The highest BCUT2D eigenvalue weighted by Crippen LogP contribution is 2.36. The number of rotatable bonds is 0. The molecular formula is C13H16ClN. The third-order valence-electron chi connectivity index (χ3n) is 3.91. The lowest BCUT2D eigenvalue weighted by Crippen LogP contribution is -2.47. The summed E-state index contributed by atoms with van der Waals surface area (Å²) in [4.78, 5) is 0. The molecule has 1 aromatic carbocycles. The molecule has 3 rings (SSSR count). The molecule has 1 saturated carbocycles. The fraction of sp³-hybridized carbons (Fsp3) is 0.538. The van der Waals surface area contributed by atoms with Crippen molar-refractivity contribution in [2.75, 3.05) is 0 Å². The third-order valence-corrected chi connectivity index (χ3v) is 4.15. The van der Waals surface area contributed by atoms with Crippen LogP contribution in [0.1, 0.15) is 36.8 Å². The standard InChI is InChI=1S/C13H16ClN/c14-12-4-3-10-8-13(5-1-2-6-13)15-9-11(10)7-12/h3-4,7,15H,1-2,5-6,8-9H2. The molecule has 2 aliphatic rings. The number of hydrogen-bond donors (Lipinski definition) is 1. The molecule has 0 bridgehead atoms. The number of nitrogens with one attached hydrogen (secondary N) is 1. The Morgan fingerprint density at radius 2 is 1.93 bits per heavy atom. The summed E-state index contributed by atoms with van der Waals surface area (Å²) in [6.45, 7) is 0.996. The van der Waals surface area contributed by atoms with Crippen LogP contribution >= 0.6 is 11.6 Å². The second-order valence-corrected chi connectivity index (χ2v) is 5.37. The van der Waals surface area contributed by atoms with E-state index in [-0.39, 0.29) is 0 Å². The van der Waals surface area contributed by atoms with Crippen LogP contribution in [0.4, 0.5) is 0 Å². The minimum Gasteiger partial charge on any atom is -0.307 e. The molecule has 1 nitrogen and oxygen atoms in total. The highest BCUT2D eigenvalue weighted by atomic mass is 35.5. The summed E-state index contributed by atoms with van der Waals surface area (Å²) < 4.78 is 0. The van der Waals surface area contributed by atoms with Crippen LogP contribution in [0.15, 0.2) is 18.2 Å². The second kappa shape index (κ2) is 3.50. The lowest BCUT2D eigenvalue weighted by atomic mass is 9.83. The van der Waals surface area contributed by atoms with Gasteiger partial charge in [0.25, 0.3) is 0 Å². The van der Waals surface area contributed by atoms with Gasteiger partial charge in [0.15, 0.2) is 0 Å². The molecule has 1 N–H and O–H groups in total. The summed E-state index contributed by atoms with van der Waals surface area (Å²) >= 11 is 6.00. The van der Waals surface area contributed by atoms with E-state index in [0.29, 0.717) is 5.54 Å². The van der Waals surface area contributed by atoms with Crippen LogP contribution in [-0.2, 0) is 13.0 Å². The summed E-state index contributed by atoms with van der Waals surface area (Å²) in [6.07, 6.45) is 6.65. The van der Waals surface area contributed by atoms with E-state index in [1.54, 1.807) is 0 Å². The van der Waals surface area contributed by atoms with Crippen molar-refractivity contribution in [1.29, 1.82) is 0 Å².